The highest BCUT2D eigenvalue weighted by molar-refractivity contribution is 7.99. The molecule has 0 aliphatic carbocycles. The van der Waals surface area contributed by atoms with Gasteiger partial charge in [-0.15, -0.1) is 5.10 Å². The van der Waals surface area contributed by atoms with Crippen molar-refractivity contribution in [2.24, 2.45) is 5.92 Å². The van der Waals surface area contributed by atoms with Gasteiger partial charge < -0.3 is 14.6 Å². The number of amides is 2. The number of aromatic nitrogens is 4. The first-order valence-electron chi connectivity index (χ1n) is 14.6. The molecule has 2 aliphatic heterocycles. The van der Waals surface area contributed by atoms with Gasteiger partial charge in [-0.3, -0.25) is 9.59 Å². The summed E-state index contributed by atoms with van der Waals surface area (Å²) in [6.07, 6.45) is -1.40. The standard InChI is InChI=1S/C34H29N5O5S/c1-21-29(20-45-34-35-36-37-39(34)25-9-3-2-4-10-25)43-33(44-30(21)23-16-14-22(19-40)15-17-23)24-8-7-11-26(18-24)38-31(41)27-12-5-6-13-28(27)32(38)42/h2-18,21,29-30,33,40H,19-20H2,1H3. The minimum atomic E-state index is -0.783. The molecule has 4 unspecified atom stereocenters. The van der Waals surface area contributed by atoms with Gasteiger partial charge in [-0.05, 0) is 58.0 Å². The lowest BCUT2D eigenvalue weighted by molar-refractivity contribution is -0.268. The summed E-state index contributed by atoms with van der Waals surface area (Å²) in [4.78, 5) is 27.6. The Balaban J connectivity index is 1.18. The van der Waals surface area contributed by atoms with Crippen molar-refractivity contribution in [3.63, 3.8) is 0 Å². The highest BCUT2D eigenvalue weighted by Gasteiger charge is 2.40. The molecule has 4 atom stereocenters. The number of carbonyl (C=O) groups excluding carboxylic acids is 2. The van der Waals surface area contributed by atoms with Crippen molar-refractivity contribution in [2.45, 2.75) is 37.2 Å². The number of rotatable bonds is 8. The third kappa shape index (κ3) is 5.55. The number of nitrogens with zero attached hydrogens (tertiary/aromatic N) is 5. The van der Waals surface area contributed by atoms with E-state index in [1.807, 2.05) is 60.7 Å². The Morgan fingerprint density at radius 2 is 1.49 bits per heavy atom. The highest BCUT2D eigenvalue weighted by Crippen LogP contribution is 2.43. The van der Waals surface area contributed by atoms with Crippen LogP contribution in [0.5, 0.6) is 0 Å². The first-order valence-corrected chi connectivity index (χ1v) is 15.6. The molecule has 0 radical (unpaired) electrons. The Morgan fingerprint density at radius 1 is 0.800 bits per heavy atom. The van der Waals surface area contributed by atoms with E-state index in [-0.39, 0.29) is 36.5 Å². The van der Waals surface area contributed by atoms with Crippen LogP contribution in [-0.2, 0) is 16.1 Å². The van der Waals surface area contributed by atoms with E-state index >= 15 is 0 Å². The molecular formula is C34H29N5O5S. The molecule has 0 bridgehead atoms. The summed E-state index contributed by atoms with van der Waals surface area (Å²) < 4.78 is 14.9. The quantitative estimate of drug-likeness (QED) is 0.176. The average Bonchev–Trinajstić information content (AvgIpc) is 3.66. The van der Waals surface area contributed by atoms with Gasteiger partial charge in [0.1, 0.15) is 0 Å². The second kappa shape index (κ2) is 12.4. The van der Waals surface area contributed by atoms with Crippen LogP contribution in [0.1, 0.15) is 56.7 Å². The third-order valence-electron chi connectivity index (χ3n) is 8.14. The topological polar surface area (TPSA) is 120 Å². The number of hydrogen-bond acceptors (Lipinski definition) is 9. The van der Waals surface area contributed by atoms with Crippen molar-refractivity contribution >= 4 is 29.3 Å². The van der Waals surface area contributed by atoms with Crippen molar-refractivity contribution < 1.29 is 24.2 Å². The van der Waals surface area contributed by atoms with Crippen molar-refractivity contribution in [1.29, 1.82) is 0 Å². The van der Waals surface area contributed by atoms with Crippen LogP contribution in [-0.4, -0.2) is 49.0 Å². The van der Waals surface area contributed by atoms with Gasteiger partial charge in [-0.25, -0.2) is 4.90 Å². The van der Waals surface area contributed by atoms with Crippen LogP contribution in [0.2, 0.25) is 0 Å². The van der Waals surface area contributed by atoms with Crippen molar-refractivity contribution in [1.82, 2.24) is 20.2 Å². The van der Waals surface area contributed by atoms with Crippen LogP contribution in [0.4, 0.5) is 5.69 Å². The summed E-state index contributed by atoms with van der Waals surface area (Å²) in [7, 11) is 0. The Kier molecular flexibility index (Phi) is 7.99. The van der Waals surface area contributed by atoms with Crippen LogP contribution < -0.4 is 4.90 Å². The highest BCUT2D eigenvalue weighted by atomic mass is 32.2. The summed E-state index contributed by atoms with van der Waals surface area (Å²) in [5.74, 6) is -0.246. The summed E-state index contributed by atoms with van der Waals surface area (Å²) in [6.45, 7) is 2.04. The van der Waals surface area contributed by atoms with Gasteiger partial charge in [0.25, 0.3) is 11.8 Å². The van der Waals surface area contributed by atoms with Crippen molar-refractivity contribution in [3.8, 4) is 5.69 Å². The number of aliphatic hydroxyl groups is 1. The lowest BCUT2D eigenvalue weighted by Crippen LogP contribution is -2.38. The van der Waals surface area contributed by atoms with E-state index in [4.69, 9.17) is 9.47 Å². The van der Waals surface area contributed by atoms with Gasteiger partial charge in [-0.2, -0.15) is 4.68 Å². The molecule has 7 rings (SSSR count). The minimum Gasteiger partial charge on any atom is -0.392 e. The zero-order chi connectivity index (χ0) is 30.9. The van der Waals surface area contributed by atoms with Gasteiger partial charge in [0.05, 0.1) is 41.3 Å². The molecule has 4 aromatic carbocycles. The SMILES string of the molecule is CC1C(CSc2nnnn2-c2ccccc2)OC(c2cccc(N3C(=O)c4ccccc4C3=O)c2)OC1c1ccc(CO)cc1. The van der Waals surface area contributed by atoms with Crippen molar-refractivity contribution in [2.75, 3.05) is 10.7 Å². The normalized spacial score (nSPS) is 21.2. The van der Waals surface area contributed by atoms with E-state index in [9.17, 15) is 14.7 Å². The van der Waals surface area contributed by atoms with Crippen molar-refractivity contribution in [3.05, 3.63) is 131 Å². The largest absolute Gasteiger partial charge is 0.392 e. The molecule has 1 aromatic heterocycles. The average molecular weight is 620 g/mol. The molecule has 45 heavy (non-hydrogen) atoms. The maximum Gasteiger partial charge on any atom is 0.266 e. The van der Waals surface area contributed by atoms with Crippen LogP contribution in [0.25, 0.3) is 5.69 Å². The molecule has 10 nitrogen and oxygen atoms in total. The van der Waals surface area contributed by atoms with E-state index < -0.39 is 6.29 Å². The number of para-hydroxylation sites is 1. The number of thioether (sulfide) groups is 1. The zero-order valence-electron chi connectivity index (χ0n) is 24.3. The number of aliphatic hydroxyl groups excluding tert-OH is 1. The molecule has 11 heteroatoms. The number of hydrogen-bond donors (Lipinski definition) is 1. The number of benzene rings is 4. The molecular weight excluding hydrogens is 590 g/mol. The molecule has 226 valence electrons. The fourth-order valence-electron chi connectivity index (χ4n) is 5.70. The maximum absolute atomic E-state index is 13.2. The van der Waals surface area contributed by atoms with Crippen LogP contribution in [0.15, 0.2) is 108 Å². The number of ether oxygens (including phenoxy) is 2. The lowest BCUT2D eigenvalue weighted by Gasteiger charge is -2.41. The molecule has 5 aromatic rings. The number of tetrazole rings is 1. The molecule has 1 N–H and O–H groups in total. The predicted molar refractivity (Wildman–Crippen MR) is 167 cm³/mol. The van der Waals surface area contributed by atoms with E-state index in [1.165, 1.54) is 16.7 Å². The Hall–Kier alpha value is -4.68. The van der Waals surface area contributed by atoms with Crippen LogP contribution in [0.3, 0.4) is 0 Å². The first kappa shape index (κ1) is 29.1. The summed E-state index contributed by atoms with van der Waals surface area (Å²) in [5, 5.41) is 22.5. The van der Waals surface area contributed by atoms with Gasteiger partial charge in [0.2, 0.25) is 5.16 Å². The number of anilines is 1. The van der Waals surface area contributed by atoms with Crippen LogP contribution >= 0.6 is 11.8 Å². The molecule has 1 saturated heterocycles. The third-order valence-corrected chi connectivity index (χ3v) is 9.14. The molecule has 2 aliphatic rings. The van der Waals surface area contributed by atoms with Crippen LogP contribution in [0, 0.1) is 5.92 Å². The maximum atomic E-state index is 13.2. The smallest absolute Gasteiger partial charge is 0.266 e. The Morgan fingerprint density at radius 3 is 2.20 bits per heavy atom. The predicted octanol–water partition coefficient (Wildman–Crippen LogP) is 5.54. The van der Waals surface area contributed by atoms with Gasteiger partial charge in [0, 0.05) is 17.2 Å². The monoisotopic (exact) mass is 619 g/mol. The lowest BCUT2D eigenvalue weighted by atomic mass is 9.91. The fourth-order valence-corrected chi connectivity index (χ4v) is 6.75. The summed E-state index contributed by atoms with van der Waals surface area (Å²) >= 11 is 1.49. The fraction of sp³-hybridized carbons (Fsp3) is 0.206. The molecule has 2 amide bonds. The van der Waals surface area contributed by atoms with Gasteiger partial charge >= 0.3 is 0 Å². The molecule has 0 spiro atoms. The zero-order valence-corrected chi connectivity index (χ0v) is 25.1. The molecule has 0 saturated carbocycles. The second-order valence-corrected chi connectivity index (χ2v) is 11.9. The number of imide groups is 1. The summed E-state index contributed by atoms with van der Waals surface area (Å²) in [6, 6.07) is 31.4. The van der Waals surface area contributed by atoms with E-state index in [1.54, 1.807) is 47.1 Å². The Labute approximate surface area is 263 Å². The van der Waals surface area contributed by atoms with Gasteiger partial charge in [-0.1, -0.05) is 85.4 Å². The van der Waals surface area contributed by atoms with E-state index in [0.717, 1.165) is 16.8 Å². The van der Waals surface area contributed by atoms with Gasteiger partial charge in [0.15, 0.2) is 6.29 Å². The molecule has 3 heterocycles. The van der Waals surface area contributed by atoms with E-state index in [0.29, 0.717) is 33.3 Å². The second-order valence-electron chi connectivity index (χ2n) is 10.9. The van der Waals surface area contributed by atoms with E-state index in [2.05, 4.69) is 22.4 Å². The number of carbonyl (C=O) groups is 2. The molecule has 1 fully saturated rings. The number of fused-ring (bicyclic) bond motifs is 1. The summed E-state index contributed by atoms with van der Waals surface area (Å²) in [5.41, 5.74) is 4.51. The minimum absolute atomic E-state index is 0.0485. The Bertz CT molecular complexity index is 1810. The first-order chi connectivity index (χ1) is 22.0.